The third kappa shape index (κ3) is 4.84. The largest absolute Gasteiger partial charge is 0.464 e. The summed E-state index contributed by atoms with van der Waals surface area (Å²) >= 11 is 3.38. The highest BCUT2D eigenvalue weighted by atomic mass is 79.9. The van der Waals surface area contributed by atoms with Crippen LogP contribution in [0.4, 0.5) is 10.6 Å². The smallest absolute Gasteiger partial charge is 0.410 e. The lowest BCUT2D eigenvalue weighted by Crippen LogP contribution is -2.56. The molecular formula is C17H25BrN4O4. The Bertz CT molecular complexity index is 677. The molecular weight excluding hydrogens is 404 g/mol. The summed E-state index contributed by atoms with van der Waals surface area (Å²) in [5, 5.41) is 0. The van der Waals surface area contributed by atoms with Crippen molar-refractivity contribution in [1.29, 1.82) is 0 Å². The second-order valence-corrected chi connectivity index (χ2v) is 7.79. The van der Waals surface area contributed by atoms with Crippen molar-refractivity contribution in [3.05, 3.63) is 16.5 Å². The number of carbonyl (C=O) groups excluding carboxylic acids is 2. The molecule has 2 rings (SSSR count). The van der Waals surface area contributed by atoms with Gasteiger partial charge in [0.25, 0.3) is 0 Å². The minimum atomic E-state index is -0.536. The van der Waals surface area contributed by atoms with Gasteiger partial charge in [-0.25, -0.2) is 19.6 Å². The van der Waals surface area contributed by atoms with Crippen molar-refractivity contribution in [3.8, 4) is 0 Å². The molecule has 8 nitrogen and oxygen atoms in total. The number of esters is 1. The lowest BCUT2D eigenvalue weighted by atomic mass is 10.1. The number of methoxy groups -OCH3 is 1. The van der Waals surface area contributed by atoms with Crippen LogP contribution in [0.15, 0.2) is 10.8 Å². The van der Waals surface area contributed by atoms with Gasteiger partial charge in [0.2, 0.25) is 0 Å². The fraction of sp³-hybridized carbons (Fsp3) is 0.647. The average Bonchev–Trinajstić information content (AvgIpc) is 2.58. The summed E-state index contributed by atoms with van der Waals surface area (Å²) < 4.78 is 10.6. The van der Waals surface area contributed by atoms with E-state index >= 15 is 0 Å². The van der Waals surface area contributed by atoms with E-state index in [1.807, 2.05) is 32.6 Å². The number of carbonyl (C=O) groups is 2. The van der Waals surface area contributed by atoms with Crippen molar-refractivity contribution in [1.82, 2.24) is 14.9 Å². The maximum atomic E-state index is 12.4. The van der Waals surface area contributed by atoms with E-state index in [0.717, 1.165) is 6.42 Å². The monoisotopic (exact) mass is 428 g/mol. The molecule has 0 aromatic carbocycles. The van der Waals surface area contributed by atoms with Gasteiger partial charge in [-0.3, -0.25) is 0 Å². The Labute approximate surface area is 162 Å². The summed E-state index contributed by atoms with van der Waals surface area (Å²) in [6.07, 6.45) is 1.89. The Kier molecular flexibility index (Phi) is 6.44. The SMILES string of the molecule is CC[C@H]1CN(c2ncc(C(=O)OC)nc2Br)CCN1C(=O)OC(C)(C)C. The Hall–Kier alpha value is -1.90. The number of piperazine rings is 1. The zero-order chi connectivity index (χ0) is 19.5. The summed E-state index contributed by atoms with van der Waals surface area (Å²) in [5.74, 6) is 0.103. The third-order valence-corrected chi connectivity index (χ3v) is 4.52. The predicted octanol–water partition coefficient (Wildman–Crippen LogP) is 2.86. The number of amides is 1. The Morgan fingerprint density at radius 2 is 2.04 bits per heavy atom. The molecule has 0 bridgehead atoms. The van der Waals surface area contributed by atoms with Crippen LogP contribution in [-0.4, -0.2) is 65.3 Å². The van der Waals surface area contributed by atoms with Crippen LogP contribution in [0, 0.1) is 0 Å². The third-order valence-electron chi connectivity index (χ3n) is 3.99. The number of halogens is 1. The molecule has 1 aliphatic rings. The molecule has 9 heteroatoms. The van der Waals surface area contributed by atoms with Crippen molar-refractivity contribution in [3.63, 3.8) is 0 Å². The average molecular weight is 429 g/mol. The van der Waals surface area contributed by atoms with Crippen LogP contribution in [0.5, 0.6) is 0 Å². The number of ether oxygens (including phenoxy) is 2. The lowest BCUT2D eigenvalue weighted by Gasteiger charge is -2.42. The van der Waals surface area contributed by atoms with Crippen molar-refractivity contribution >= 4 is 33.8 Å². The van der Waals surface area contributed by atoms with Gasteiger partial charge in [-0.05, 0) is 43.1 Å². The first-order valence-electron chi connectivity index (χ1n) is 8.51. The number of nitrogens with zero attached hydrogens (tertiary/aromatic N) is 4. The minimum absolute atomic E-state index is 0.00702. The highest BCUT2D eigenvalue weighted by Crippen LogP contribution is 2.26. The molecule has 0 unspecified atom stereocenters. The fourth-order valence-corrected chi connectivity index (χ4v) is 3.28. The number of hydrogen-bond acceptors (Lipinski definition) is 7. The molecule has 144 valence electrons. The van der Waals surface area contributed by atoms with Crippen LogP contribution in [0.1, 0.15) is 44.6 Å². The van der Waals surface area contributed by atoms with E-state index in [2.05, 4.69) is 30.6 Å². The summed E-state index contributed by atoms with van der Waals surface area (Å²) in [6, 6.07) is 0.00702. The zero-order valence-corrected chi connectivity index (χ0v) is 17.4. The first kappa shape index (κ1) is 20.4. The molecule has 1 aliphatic heterocycles. The second kappa shape index (κ2) is 8.20. The molecule has 0 radical (unpaired) electrons. The standard InChI is InChI=1S/C17H25BrN4O4/c1-6-11-10-21(7-8-22(11)16(24)26-17(2,3)4)14-13(18)20-12(9-19-14)15(23)25-5/h9,11H,6-8,10H2,1-5H3/t11-/m0/s1. The van der Waals surface area contributed by atoms with E-state index in [9.17, 15) is 9.59 Å². The highest BCUT2D eigenvalue weighted by molar-refractivity contribution is 9.10. The molecule has 1 amide bonds. The topological polar surface area (TPSA) is 84.9 Å². The fourth-order valence-electron chi connectivity index (χ4n) is 2.73. The van der Waals surface area contributed by atoms with Crippen LogP contribution in [0.2, 0.25) is 0 Å². The molecule has 1 aromatic rings. The molecule has 0 spiro atoms. The van der Waals surface area contributed by atoms with E-state index in [0.29, 0.717) is 30.1 Å². The van der Waals surface area contributed by atoms with E-state index in [1.54, 1.807) is 4.90 Å². The molecule has 1 atom stereocenters. The predicted molar refractivity (Wildman–Crippen MR) is 100 cm³/mol. The van der Waals surface area contributed by atoms with Crippen LogP contribution < -0.4 is 4.90 Å². The van der Waals surface area contributed by atoms with Crippen molar-refractivity contribution < 1.29 is 19.1 Å². The Morgan fingerprint density at radius 1 is 1.35 bits per heavy atom. The molecule has 1 aromatic heterocycles. The van der Waals surface area contributed by atoms with Crippen LogP contribution in [0.25, 0.3) is 0 Å². The van der Waals surface area contributed by atoms with Crippen molar-refractivity contribution in [2.45, 2.75) is 45.8 Å². The molecule has 0 aliphatic carbocycles. The van der Waals surface area contributed by atoms with Crippen LogP contribution in [0.3, 0.4) is 0 Å². The lowest BCUT2D eigenvalue weighted by molar-refractivity contribution is 0.0136. The maximum Gasteiger partial charge on any atom is 0.410 e. The molecule has 1 saturated heterocycles. The normalized spacial score (nSPS) is 17.8. The summed E-state index contributed by atoms with van der Waals surface area (Å²) in [4.78, 5) is 36.4. The maximum absolute atomic E-state index is 12.4. The molecule has 0 saturated carbocycles. The van der Waals surface area contributed by atoms with Crippen molar-refractivity contribution in [2.24, 2.45) is 0 Å². The molecule has 1 fully saturated rings. The summed E-state index contributed by atoms with van der Waals surface area (Å²) in [6.45, 7) is 9.35. The quantitative estimate of drug-likeness (QED) is 0.683. The van der Waals surface area contributed by atoms with Gasteiger partial charge in [-0.1, -0.05) is 6.92 Å². The van der Waals surface area contributed by atoms with Gasteiger partial charge >= 0.3 is 12.1 Å². The Morgan fingerprint density at radius 3 is 2.58 bits per heavy atom. The van der Waals surface area contributed by atoms with Gasteiger partial charge in [0.05, 0.1) is 19.3 Å². The number of anilines is 1. The number of rotatable bonds is 3. The van der Waals surface area contributed by atoms with Gasteiger partial charge in [-0.2, -0.15) is 0 Å². The molecule has 0 N–H and O–H groups in total. The van der Waals surface area contributed by atoms with Gasteiger partial charge in [0, 0.05) is 19.6 Å². The minimum Gasteiger partial charge on any atom is -0.464 e. The van der Waals surface area contributed by atoms with E-state index in [1.165, 1.54) is 13.3 Å². The van der Waals surface area contributed by atoms with E-state index in [4.69, 9.17) is 4.74 Å². The van der Waals surface area contributed by atoms with Gasteiger partial charge < -0.3 is 19.3 Å². The van der Waals surface area contributed by atoms with E-state index in [-0.39, 0.29) is 17.8 Å². The van der Waals surface area contributed by atoms with Crippen LogP contribution >= 0.6 is 15.9 Å². The molecule has 2 heterocycles. The zero-order valence-electron chi connectivity index (χ0n) is 15.8. The second-order valence-electron chi connectivity index (χ2n) is 7.04. The highest BCUT2D eigenvalue weighted by Gasteiger charge is 2.33. The molecule has 26 heavy (non-hydrogen) atoms. The number of hydrogen-bond donors (Lipinski definition) is 0. The van der Waals surface area contributed by atoms with Crippen LogP contribution in [-0.2, 0) is 9.47 Å². The Balaban J connectivity index is 2.13. The summed E-state index contributed by atoms with van der Waals surface area (Å²) in [5.41, 5.74) is -0.382. The van der Waals surface area contributed by atoms with Gasteiger partial charge in [-0.15, -0.1) is 0 Å². The first-order valence-corrected chi connectivity index (χ1v) is 9.31. The van der Waals surface area contributed by atoms with E-state index < -0.39 is 11.6 Å². The summed E-state index contributed by atoms with van der Waals surface area (Å²) in [7, 11) is 1.30. The van der Waals surface area contributed by atoms with Gasteiger partial charge in [0.15, 0.2) is 11.5 Å². The number of aromatic nitrogens is 2. The van der Waals surface area contributed by atoms with Crippen molar-refractivity contribution in [2.75, 3.05) is 31.6 Å². The first-order chi connectivity index (χ1) is 12.2. The van der Waals surface area contributed by atoms with Gasteiger partial charge in [0.1, 0.15) is 10.2 Å².